The molecule has 0 saturated carbocycles. The third-order valence-electron chi connectivity index (χ3n) is 12.1. The molecule has 0 radical (unpaired) electrons. The molecule has 10 aromatic carbocycles. The molecule has 3 heterocycles. The highest BCUT2D eigenvalue weighted by molar-refractivity contribution is 7.18. The van der Waals surface area contributed by atoms with E-state index in [2.05, 4.69) is 181 Å². The van der Waals surface area contributed by atoms with Crippen LogP contribution in [0, 0.1) is 0 Å². The molecule has 3 heteroatoms. The van der Waals surface area contributed by atoms with Gasteiger partial charge in [0.15, 0.2) is 0 Å². The maximum atomic E-state index is 6.96. The quantitative estimate of drug-likeness (QED) is 0.169. The molecule has 0 aliphatic rings. The van der Waals surface area contributed by atoms with Crippen molar-refractivity contribution in [2.24, 2.45) is 0 Å². The van der Waals surface area contributed by atoms with E-state index >= 15 is 0 Å². The van der Waals surface area contributed by atoms with Gasteiger partial charge < -0.3 is 8.83 Å². The number of thiophene rings is 1. The Morgan fingerprint density at radius 3 is 1.74 bits per heavy atom. The normalized spacial score (nSPS) is 12.2. The highest BCUT2D eigenvalue weighted by Crippen LogP contribution is 2.49. The summed E-state index contributed by atoms with van der Waals surface area (Å²) in [5, 5.41) is 17.7. The molecule has 0 spiro atoms. The summed E-state index contributed by atoms with van der Waals surface area (Å²) in [5.41, 5.74) is 10.8. The largest absolute Gasteiger partial charge is 0.456 e. The van der Waals surface area contributed by atoms with Crippen LogP contribution in [0.5, 0.6) is 0 Å². The highest BCUT2D eigenvalue weighted by Gasteiger charge is 2.22. The molecule has 0 unspecified atom stereocenters. The molecule has 264 valence electrons. The van der Waals surface area contributed by atoms with Crippen LogP contribution >= 0.6 is 11.3 Å². The van der Waals surface area contributed by atoms with E-state index in [0.717, 1.165) is 49.4 Å². The molecule has 0 aliphatic carbocycles. The molecule has 57 heavy (non-hydrogen) atoms. The van der Waals surface area contributed by atoms with E-state index in [0.29, 0.717) is 0 Å². The molecule has 13 aromatic rings. The number of fused-ring (bicyclic) bond motifs is 12. The molecule has 0 aliphatic heterocycles. The van der Waals surface area contributed by atoms with E-state index < -0.39 is 0 Å². The van der Waals surface area contributed by atoms with Crippen molar-refractivity contribution in [2.75, 3.05) is 0 Å². The van der Waals surface area contributed by atoms with Crippen LogP contribution in [-0.2, 0) is 0 Å². The first kappa shape index (κ1) is 31.1. The summed E-state index contributed by atoms with van der Waals surface area (Å²) in [6, 6.07) is 63.8. The van der Waals surface area contributed by atoms with E-state index in [1.807, 2.05) is 0 Å². The molecule has 0 fully saturated rings. The van der Waals surface area contributed by atoms with Crippen molar-refractivity contribution in [3.63, 3.8) is 0 Å². The zero-order chi connectivity index (χ0) is 37.2. The minimum atomic E-state index is 0.893. The van der Waals surface area contributed by atoms with Crippen LogP contribution in [-0.4, -0.2) is 0 Å². The third kappa shape index (κ3) is 4.46. The van der Waals surface area contributed by atoms with Crippen molar-refractivity contribution in [1.29, 1.82) is 0 Å². The van der Waals surface area contributed by atoms with Crippen LogP contribution in [0.15, 0.2) is 190 Å². The molecular formula is C54H30O2S. The average Bonchev–Trinajstić information content (AvgIpc) is 3.97. The van der Waals surface area contributed by atoms with Gasteiger partial charge in [0.05, 0.1) is 0 Å². The van der Waals surface area contributed by atoms with Crippen molar-refractivity contribution >= 4 is 108 Å². The Morgan fingerprint density at radius 2 is 0.965 bits per heavy atom. The van der Waals surface area contributed by atoms with Crippen LogP contribution < -0.4 is 0 Å². The van der Waals surface area contributed by atoms with Crippen molar-refractivity contribution in [1.82, 2.24) is 0 Å². The lowest BCUT2D eigenvalue weighted by Crippen LogP contribution is -1.91. The fraction of sp³-hybridized carbons (Fsp3) is 0. The molecule has 0 saturated heterocycles. The lowest BCUT2D eigenvalue weighted by atomic mass is 9.85. The van der Waals surface area contributed by atoms with Gasteiger partial charge in [-0.25, -0.2) is 0 Å². The Hall–Kier alpha value is -7.20. The lowest BCUT2D eigenvalue weighted by Gasteiger charge is -2.18. The molecule has 13 rings (SSSR count). The van der Waals surface area contributed by atoms with Crippen molar-refractivity contribution in [3.8, 4) is 33.4 Å². The van der Waals surface area contributed by atoms with E-state index in [1.54, 1.807) is 11.3 Å². The van der Waals surface area contributed by atoms with Gasteiger partial charge >= 0.3 is 0 Å². The fourth-order valence-corrected chi connectivity index (χ4v) is 10.5. The highest BCUT2D eigenvalue weighted by atomic mass is 32.1. The Bertz CT molecular complexity index is 3760. The van der Waals surface area contributed by atoms with Gasteiger partial charge in [-0.3, -0.25) is 0 Å². The van der Waals surface area contributed by atoms with E-state index in [1.165, 1.54) is 81.0 Å². The van der Waals surface area contributed by atoms with E-state index in [-0.39, 0.29) is 0 Å². The Labute approximate surface area is 330 Å². The maximum absolute atomic E-state index is 6.96. The molecule has 0 amide bonds. The Morgan fingerprint density at radius 1 is 0.333 bits per heavy atom. The SMILES string of the molecule is c1ccc2cc(-c3csc4ccc5c6ccc(-c7c8ccccc8c(-c8cccc9oc%10cc%11ccccc%11cc%10c89)c8ccccc78)cc6oc5c34)ccc2c1. The summed E-state index contributed by atoms with van der Waals surface area (Å²) in [4.78, 5) is 0. The zero-order valence-corrected chi connectivity index (χ0v) is 31.4. The first-order chi connectivity index (χ1) is 28.2. The first-order valence-electron chi connectivity index (χ1n) is 19.4. The van der Waals surface area contributed by atoms with Crippen LogP contribution in [0.25, 0.3) is 130 Å². The monoisotopic (exact) mass is 742 g/mol. The minimum absolute atomic E-state index is 0.893. The van der Waals surface area contributed by atoms with Gasteiger partial charge in [-0.2, -0.15) is 0 Å². The molecule has 3 aromatic heterocycles. The summed E-state index contributed by atoms with van der Waals surface area (Å²) >= 11 is 1.78. The number of hydrogen-bond donors (Lipinski definition) is 0. The summed E-state index contributed by atoms with van der Waals surface area (Å²) in [7, 11) is 0. The average molecular weight is 743 g/mol. The van der Waals surface area contributed by atoms with Crippen molar-refractivity contribution in [2.45, 2.75) is 0 Å². The second kappa shape index (κ2) is 11.7. The third-order valence-corrected chi connectivity index (χ3v) is 13.0. The second-order valence-electron chi connectivity index (χ2n) is 15.2. The number of furan rings is 2. The predicted molar refractivity (Wildman–Crippen MR) is 243 cm³/mol. The number of hydrogen-bond acceptors (Lipinski definition) is 3. The Kier molecular flexibility index (Phi) is 6.35. The smallest absolute Gasteiger partial charge is 0.144 e. The number of rotatable bonds is 3. The van der Waals surface area contributed by atoms with Crippen LogP contribution in [0.3, 0.4) is 0 Å². The standard InChI is InChI=1S/C54H30O2S/c1-2-11-32-26-35(21-20-31(32)10-1)45-30-57-49-25-24-42-37-23-22-36(29-47(37)56-54(42)53(45)49)50-38-14-5-7-16-40(38)51(41-17-8-6-15-39(41)50)43-18-9-19-46-52(43)44-27-33-12-3-4-13-34(33)28-48(44)55-46/h1-30H. The molecule has 0 bridgehead atoms. The number of benzene rings is 10. The van der Waals surface area contributed by atoms with Crippen LogP contribution in [0.1, 0.15) is 0 Å². The Balaban J connectivity index is 1.05. The molecule has 0 N–H and O–H groups in total. The van der Waals surface area contributed by atoms with Gasteiger partial charge in [0.2, 0.25) is 0 Å². The van der Waals surface area contributed by atoms with Crippen molar-refractivity contribution in [3.05, 3.63) is 181 Å². The summed E-state index contributed by atoms with van der Waals surface area (Å²) in [6.45, 7) is 0. The topological polar surface area (TPSA) is 26.3 Å². The zero-order valence-electron chi connectivity index (χ0n) is 30.5. The van der Waals surface area contributed by atoms with Gasteiger partial charge in [0.1, 0.15) is 22.3 Å². The summed E-state index contributed by atoms with van der Waals surface area (Å²) < 4.78 is 14.8. The van der Waals surface area contributed by atoms with E-state index in [4.69, 9.17) is 8.83 Å². The van der Waals surface area contributed by atoms with Crippen LogP contribution in [0.2, 0.25) is 0 Å². The van der Waals surface area contributed by atoms with Gasteiger partial charge in [0, 0.05) is 37.2 Å². The lowest BCUT2D eigenvalue weighted by molar-refractivity contribution is 0.669. The van der Waals surface area contributed by atoms with Crippen molar-refractivity contribution < 1.29 is 8.83 Å². The first-order valence-corrected chi connectivity index (χ1v) is 20.3. The van der Waals surface area contributed by atoms with Crippen LogP contribution in [0.4, 0.5) is 0 Å². The van der Waals surface area contributed by atoms with Gasteiger partial charge in [0.25, 0.3) is 0 Å². The molecule has 2 nitrogen and oxygen atoms in total. The maximum Gasteiger partial charge on any atom is 0.144 e. The van der Waals surface area contributed by atoms with Gasteiger partial charge in [-0.1, -0.05) is 127 Å². The predicted octanol–water partition coefficient (Wildman–Crippen LogP) is 16.3. The van der Waals surface area contributed by atoms with Gasteiger partial charge in [-0.05, 0) is 125 Å². The van der Waals surface area contributed by atoms with E-state index in [9.17, 15) is 0 Å². The van der Waals surface area contributed by atoms with Gasteiger partial charge in [-0.15, -0.1) is 11.3 Å². The summed E-state index contributed by atoms with van der Waals surface area (Å²) in [6.07, 6.45) is 0. The second-order valence-corrected chi connectivity index (χ2v) is 16.1. The fourth-order valence-electron chi connectivity index (χ4n) is 9.53. The molecular weight excluding hydrogens is 713 g/mol. The minimum Gasteiger partial charge on any atom is -0.456 e. The summed E-state index contributed by atoms with van der Waals surface area (Å²) in [5.74, 6) is 0. The molecule has 0 atom stereocenters.